The minimum Gasteiger partial charge on any atom is -0.481 e. The van der Waals surface area contributed by atoms with Crippen LogP contribution in [0.25, 0.3) is 0 Å². The Balaban J connectivity index is 1.97. The summed E-state index contributed by atoms with van der Waals surface area (Å²) in [5.74, 6) is -0.751. The summed E-state index contributed by atoms with van der Waals surface area (Å²) in [6, 6.07) is 0.0470. The van der Waals surface area contributed by atoms with Crippen molar-refractivity contribution in [3.8, 4) is 0 Å². The molecular formula is C11H19N3O2. The van der Waals surface area contributed by atoms with Gasteiger partial charge in [-0.05, 0) is 26.3 Å². The summed E-state index contributed by atoms with van der Waals surface area (Å²) in [6.45, 7) is 3.72. The molecule has 0 aliphatic rings. The van der Waals surface area contributed by atoms with Crippen molar-refractivity contribution >= 4 is 5.97 Å². The minimum absolute atomic E-state index is 0.0470. The zero-order chi connectivity index (χ0) is 11.8. The number of nitrogens with zero attached hydrogens (tertiary/aromatic N) is 2. The SMILES string of the molecule is CC(CC(=O)O)NCCCCn1ccnc1. The van der Waals surface area contributed by atoms with Crippen LogP contribution in [0, 0.1) is 0 Å². The van der Waals surface area contributed by atoms with Crippen LogP contribution in [0.4, 0.5) is 0 Å². The number of carboxylic acids is 1. The largest absolute Gasteiger partial charge is 0.481 e. The lowest BCUT2D eigenvalue weighted by atomic mass is 10.2. The number of imidazole rings is 1. The molecule has 5 heteroatoms. The number of carbonyl (C=O) groups is 1. The molecule has 2 N–H and O–H groups in total. The third-order valence-electron chi connectivity index (χ3n) is 2.38. The molecule has 1 atom stereocenters. The van der Waals surface area contributed by atoms with E-state index < -0.39 is 5.97 Å². The van der Waals surface area contributed by atoms with Gasteiger partial charge in [0.2, 0.25) is 0 Å². The fourth-order valence-corrected chi connectivity index (χ4v) is 1.52. The highest BCUT2D eigenvalue weighted by Crippen LogP contribution is 1.96. The van der Waals surface area contributed by atoms with Gasteiger partial charge in [0, 0.05) is 25.0 Å². The van der Waals surface area contributed by atoms with Crippen LogP contribution in [-0.2, 0) is 11.3 Å². The van der Waals surface area contributed by atoms with E-state index in [0.717, 1.165) is 25.9 Å². The molecule has 1 unspecified atom stereocenters. The van der Waals surface area contributed by atoms with E-state index in [1.807, 2.05) is 17.7 Å². The first-order chi connectivity index (χ1) is 7.68. The standard InChI is InChI=1S/C11H19N3O2/c1-10(8-11(15)16)13-4-2-3-6-14-7-5-12-9-14/h5,7,9-10,13H,2-4,6,8H2,1H3,(H,15,16). The predicted molar refractivity (Wildman–Crippen MR) is 61.2 cm³/mol. The molecule has 1 aromatic rings. The maximum absolute atomic E-state index is 10.4. The van der Waals surface area contributed by atoms with Gasteiger partial charge in [-0.2, -0.15) is 0 Å². The van der Waals surface area contributed by atoms with Gasteiger partial charge in [0.1, 0.15) is 0 Å². The second kappa shape index (κ2) is 7.00. The fourth-order valence-electron chi connectivity index (χ4n) is 1.52. The monoisotopic (exact) mass is 225 g/mol. The fraction of sp³-hybridized carbons (Fsp3) is 0.636. The van der Waals surface area contributed by atoms with Crippen LogP contribution in [0.3, 0.4) is 0 Å². The van der Waals surface area contributed by atoms with Gasteiger partial charge >= 0.3 is 5.97 Å². The number of hydrogen-bond donors (Lipinski definition) is 2. The zero-order valence-electron chi connectivity index (χ0n) is 9.59. The van der Waals surface area contributed by atoms with Gasteiger partial charge in [0.25, 0.3) is 0 Å². The summed E-state index contributed by atoms with van der Waals surface area (Å²) in [6.07, 6.45) is 7.82. The first kappa shape index (κ1) is 12.7. The van der Waals surface area contributed by atoms with E-state index in [9.17, 15) is 4.79 Å². The van der Waals surface area contributed by atoms with Gasteiger partial charge in [0.15, 0.2) is 0 Å². The van der Waals surface area contributed by atoms with Crippen LogP contribution in [0.1, 0.15) is 26.2 Å². The summed E-state index contributed by atoms with van der Waals surface area (Å²) in [7, 11) is 0. The van der Waals surface area contributed by atoms with Crippen LogP contribution < -0.4 is 5.32 Å². The highest BCUT2D eigenvalue weighted by atomic mass is 16.4. The Morgan fingerprint density at radius 2 is 2.38 bits per heavy atom. The van der Waals surface area contributed by atoms with E-state index in [1.165, 1.54) is 0 Å². The zero-order valence-corrected chi connectivity index (χ0v) is 9.59. The Kier molecular flexibility index (Phi) is 5.56. The Morgan fingerprint density at radius 3 is 3.00 bits per heavy atom. The molecule has 5 nitrogen and oxygen atoms in total. The first-order valence-electron chi connectivity index (χ1n) is 5.59. The van der Waals surface area contributed by atoms with Crippen molar-refractivity contribution in [2.45, 2.75) is 38.8 Å². The third kappa shape index (κ3) is 5.50. The van der Waals surface area contributed by atoms with Gasteiger partial charge < -0.3 is 15.0 Å². The average Bonchev–Trinajstić information content (AvgIpc) is 2.68. The van der Waals surface area contributed by atoms with Gasteiger partial charge in [0.05, 0.1) is 12.7 Å². The number of nitrogens with one attached hydrogen (secondary N) is 1. The van der Waals surface area contributed by atoms with Crippen molar-refractivity contribution in [2.24, 2.45) is 0 Å². The Labute approximate surface area is 95.5 Å². The molecule has 0 bridgehead atoms. The molecule has 1 heterocycles. The maximum Gasteiger partial charge on any atom is 0.304 e. The summed E-state index contributed by atoms with van der Waals surface area (Å²) in [4.78, 5) is 14.4. The van der Waals surface area contributed by atoms with Crippen molar-refractivity contribution in [1.82, 2.24) is 14.9 Å². The van der Waals surface area contributed by atoms with Crippen LogP contribution in [0.5, 0.6) is 0 Å². The number of unbranched alkanes of at least 4 members (excludes halogenated alkanes) is 1. The van der Waals surface area contributed by atoms with E-state index in [2.05, 4.69) is 10.3 Å². The second-order valence-corrected chi connectivity index (χ2v) is 3.96. The summed E-state index contributed by atoms with van der Waals surface area (Å²) in [5.41, 5.74) is 0. The molecule has 0 saturated carbocycles. The maximum atomic E-state index is 10.4. The van der Waals surface area contributed by atoms with Crippen LogP contribution in [0.15, 0.2) is 18.7 Å². The van der Waals surface area contributed by atoms with Gasteiger partial charge in [-0.15, -0.1) is 0 Å². The molecule has 0 aliphatic heterocycles. The molecule has 0 amide bonds. The quantitative estimate of drug-likeness (QED) is 0.650. The Hall–Kier alpha value is -1.36. The molecule has 0 fully saturated rings. The number of rotatable bonds is 8. The Bertz CT molecular complexity index is 298. The molecule has 0 radical (unpaired) electrons. The number of carboxylic acid groups (broad SMARTS) is 1. The van der Waals surface area contributed by atoms with Gasteiger partial charge in [-0.3, -0.25) is 4.79 Å². The van der Waals surface area contributed by atoms with Crippen LogP contribution in [-0.4, -0.2) is 33.2 Å². The van der Waals surface area contributed by atoms with E-state index in [1.54, 1.807) is 12.5 Å². The number of hydrogen-bond acceptors (Lipinski definition) is 3. The molecule has 0 spiro atoms. The second-order valence-electron chi connectivity index (χ2n) is 3.96. The molecule has 0 aromatic carbocycles. The molecule has 16 heavy (non-hydrogen) atoms. The highest BCUT2D eigenvalue weighted by Gasteiger charge is 2.05. The van der Waals surface area contributed by atoms with E-state index in [4.69, 9.17) is 5.11 Å². The molecule has 1 rings (SSSR count). The van der Waals surface area contributed by atoms with E-state index >= 15 is 0 Å². The summed E-state index contributed by atoms with van der Waals surface area (Å²) >= 11 is 0. The molecular weight excluding hydrogens is 206 g/mol. The minimum atomic E-state index is -0.751. The van der Waals surface area contributed by atoms with Crippen molar-refractivity contribution in [3.05, 3.63) is 18.7 Å². The molecule has 90 valence electrons. The third-order valence-corrected chi connectivity index (χ3v) is 2.38. The molecule has 0 saturated heterocycles. The molecule has 0 aliphatic carbocycles. The van der Waals surface area contributed by atoms with Crippen molar-refractivity contribution in [1.29, 1.82) is 0 Å². The topological polar surface area (TPSA) is 67.2 Å². The Morgan fingerprint density at radius 1 is 1.56 bits per heavy atom. The number of aromatic nitrogens is 2. The van der Waals surface area contributed by atoms with Crippen LogP contribution in [0.2, 0.25) is 0 Å². The normalized spacial score (nSPS) is 12.6. The smallest absolute Gasteiger partial charge is 0.304 e. The van der Waals surface area contributed by atoms with Crippen molar-refractivity contribution in [3.63, 3.8) is 0 Å². The molecule has 1 aromatic heterocycles. The summed E-state index contributed by atoms with van der Waals surface area (Å²) in [5, 5.41) is 11.7. The number of aryl methyl sites for hydroxylation is 1. The lowest BCUT2D eigenvalue weighted by Gasteiger charge is -2.11. The van der Waals surface area contributed by atoms with E-state index in [0.29, 0.717) is 0 Å². The summed E-state index contributed by atoms with van der Waals surface area (Å²) < 4.78 is 2.04. The van der Waals surface area contributed by atoms with E-state index in [-0.39, 0.29) is 12.5 Å². The first-order valence-corrected chi connectivity index (χ1v) is 5.59. The lowest BCUT2D eigenvalue weighted by molar-refractivity contribution is -0.137. The average molecular weight is 225 g/mol. The van der Waals surface area contributed by atoms with Crippen molar-refractivity contribution < 1.29 is 9.90 Å². The van der Waals surface area contributed by atoms with Crippen molar-refractivity contribution in [2.75, 3.05) is 6.54 Å². The number of aliphatic carboxylic acids is 1. The predicted octanol–water partition coefficient (Wildman–Crippen LogP) is 1.12. The van der Waals surface area contributed by atoms with Gasteiger partial charge in [-0.1, -0.05) is 0 Å². The van der Waals surface area contributed by atoms with Gasteiger partial charge in [-0.25, -0.2) is 4.98 Å². The van der Waals surface area contributed by atoms with Crippen LogP contribution >= 0.6 is 0 Å². The highest BCUT2D eigenvalue weighted by molar-refractivity contribution is 5.67. The lowest BCUT2D eigenvalue weighted by Crippen LogP contribution is -2.29.